The lowest BCUT2D eigenvalue weighted by Crippen LogP contribution is -2.36. The van der Waals surface area contributed by atoms with Crippen molar-refractivity contribution in [2.75, 3.05) is 12.0 Å². The summed E-state index contributed by atoms with van der Waals surface area (Å²) in [6.45, 7) is 1.80. The van der Waals surface area contributed by atoms with Crippen LogP contribution in [-0.2, 0) is 16.6 Å². The number of sulfonamides is 1. The van der Waals surface area contributed by atoms with E-state index in [-0.39, 0.29) is 17.5 Å². The maximum Gasteiger partial charge on any atom is 0.242 e. The Balaban J connectivity index is 2.94. The molecule has 0 spiro atoms. The molecule has 0 bridgehead atoms. The number of hydrogen-bond donors (Lipinski definition) is 2. The van der Waals surface area contributed by atoms with Gasteiger partial charge in [-0.15, -0.1) is 11.3 Å². The molecule has 0 aliphatic carbocycles. The summed E-state index contributed by atoms with van der Waals surface area (Å²) in [6.07, 6.45) is 2.69. The lowest BCUT2D eigenvalue weighted by molar-refractivity contribution is 0.285. The summed E-state index contributed by atoms with van der Waals surface area (Å²) in [5.41, 5.74) is 0. The van der Waals surface area contributed by atoms with Gasteiger partial charge in [0.1, 0.15) is 4.90 Å². The van der Waals surface area contributed by atoms with Crippen molar-refractivity contribution < 1.29 is 13.5 Å². The molecule has 0 amide bonds. The van der Waals surface area contributed by atoms with Crippen molar-refractivity contribution in [3.8, 4) is 0 Å². The maximum atomic E-state index is 12.2. The second kappa shape index (κ2) is 7.25. The van der Waals surface area contributed by atoms with E-state index in [0.29, 0.717) is 8.66 Å². The van der Waals surface area contributed by atoms with Crippen LogP contribution < -0.4 is 4.72 Å². The Hall–Kier alpha value is 0.400. The average molecular weight is 374 g/mol. The molecule has 104 valence electrons. The smallest absolute Gasteiger partial charge is 0.242 e. The first kappa shape index (κ1) is 16.5. The minimum Gasteiger partial charge on any atom is -0.391 e. The minimum atomic E-state index is -3.52. The first-order valence-electron chi connectivity index (χ1n) is 5.35. The molecule has 0 fully saturated rings. The van der Waals surface area contributed by atoms with Gasteiger partial charge in [0.2, 0.25) is 10.0 Å². The molecule has 0 aliphatic rings. The Morgan fingerprint density at radius 2 is 2.28 bits per heavy atom. The Bertz CT molecular complexity index is 487. The molecule has 2 N–H and O–H groups in total. The number of aliphatic hydroxyl groups is 1. The summed E-state index contributed by atoms with van der Waals surface area (Å²) < 4.78 is 27.6. The Kier molecular flexibility index (Phi) is 6.63. The van der Waals surface area contributed by atoms with Gasteiger partial charge in [0.15, 0.2) is 0 Å². The van der Waals surface area contributed by atoms with Crippen LogP contribution in [0.25, 0.3) is 0 Å². The van der Waals surface area contributed by atoms with Crippen molar-refractivity contribution in [1.29, 1.82) is 0 Å². The minimum absolute atomic E-state index is 0.0747. The van der Waals surface area contributed by atoms with Gasteiger partial charge in [-0.2, -0.15) is 11.8 Å². The van der Waals surface area contributed by atoms with Gasteiger partial charge >= 0.3 is 0 Å². The molecule has 1 atom stereocenters. The van der Waals surface area contributed by atoms with Crippen LogP contribution in [0.5, 0.6) is 0 Å². The fourth-order valence-electron chi connectivity index (χ4n) is 1.38. The fraction of sp³-hybridized carbons (Fsp3) is 0.600. The number of nitrogens with one attached hydrogen (secondary N) is 1. The van der Waals surface area contributed by atoms with Gasteiger partial charge in [-0.1, -0.05) is 6.92 Å². The maximum absolute atomic E-state index is 12.2. The first-order chi connectivity index (χ1) is 8.44. The van der Waals surface area contributed by atoms with Crippen LogP contribution in [0.1, 0.15) is 18.2 Å². The molecule has 1 aromatic rings. The van der Waals surface area contributed by atoms with Crippen molar-refractivity contribution in [3.63, 3.8) is 0 Å². The predicted molar refractivity (Wildman–Crippen MR) is 80.7 cm³/mol. The molecule has 1 heterocycles. The average Bonchev–Trinajstić information content (AvgIpc) is 2.70. The van der Waals surface area contributed by atoms with Gasteiger partial charge in [0, 0.05) is 16.7 Å². The lowest BCUT2D eigenvalue weighted by atomic mass is 10.3. The molecular formula is C10H16BrNO3S3. The third-order valence-corrected chi connectivity index (χ3v) is 6.83. The van der Waals surface area contributed by atoms with Crippen molar-refractivity contribution in [1.82, 2.24) is 4.72 Å². The van der Waals surface area contributed by atoms with Crippen LogP contribution in [0.2, 0.25) is 0 Å². The van der Waals surface area contributed by atoms with E-state index in [0.717, 1.165) is 12.2 Å². The number of halogens is 1. The number of thioether (sulfide) groups is 1. The molecule has 18 heavy (non-hydrogen) atoms. The van der Waals surface area contributed by atoms with E-state index in [1.54, 1.807) is 11.8 Å². The summed E-state index contributed by atoms with van der Waals surface area (Å²) in [4.78, 5) is 0.830. The molecule has 1 rings (SSSR count). The fourth-order valence-corrected chi connectivity index (χ4v) is 6.07. The van der Waals surface area contributed by atoms with E-state index in [2.05, 4.69) is 20.7 Å². The zero-order chi connectivity index (χ0) is 13.8. The first-order valence-corrected chi connectivity index (χ1v) is 9.83. The Labute approximate surface area is 124 Å². The molecule has 4 nitrogen and oxygen atoms in total. The molecule has 1 unspecified atom stereocenters. The highest BCUT2D eigenvalue weighted by Gasteiger charge is 2.23. The molecule has 0 aromatic carbocycles. The lowest BCUT2D eigenvalue weighted by Gasteiger charge is -2.15. The van der Waals surface area contributed by atoms with Crippen LogP contribution in [0.3, 0.4) is 0 Å². The van der Waals surface area contributed by atoms with Crippen LogP contribution >= 0.6 is 39.0 Å². The number of thiophene rings is 1. The monoisotopic (exact) mass is 373 g/mol. The summed E-state index contributed by atoms with van der Waals surface area (Å²) in [6, 6.07) is 1.43. The summed E-state index contributed by atoms with van der Waals surface area (Å²) in [7, 11) is -3.52. The third kappa shape index (κ3) is 4.21. The second-order valence-corrected chi connectivity index (χ2v) is 8.74. The largest absolute Gasteiger partial charge is 0.391 e. The number of aliphatic hydroxyl groups excluding tert-OH is 1. The predicted octanol–water partition coefficient (Wildman–Crippen LogP) is 2.42. The summed E-state index contributed by atoms with van der Waals surface area (Å²) in [5, 5.41) is 9.02. The van der Waals surface area contributed by atoms with Crippen LogP contribution in [0, 0.1) is 0 Å². The van der Waals surface area contributed by atoms with E-state index >= 15 is 0 Å². The highest BCUT2D eigenvalue weighted by atomic mass is 79.9. The quantitative estimate of drug-likeness (QED) is 0.769. The van der Waals surface area contributed by atoms with Crippen molar-refractivity contribution in [2.45, 2.75) is 30.9 Å². The van der Waals surface area contributed by atoms with E-state index in [1.807, 2.05) is 13.2 Å². The second-order valence-electron chi connectivity index (χ2n) is 3.69. The van der Waals surface area contributed by atoms with Crippen LogP contribution in [0.15, 0.2) is 14.7 Å². The number of rotatable bonds is 7. The molecular weight excluding hydrogens is 358 g/mol. The third-order valence-electron chi connectivity index (χ3n) is 2.33. The van der Waals surface area contributed by atoms with E-state index < -0.39 is 10.0 Å². The molecule has 8 heteroatoms. The van der Waals surface area contributed by atoms with Gasteiger partial charge in [0.05, 0.1) is 10.4 Å². The van der Waals surface area contributed by atoms with E-state index in [1.165, 1.54) is 17.4 Å². The summed E-state index contributed by atoms with van der Waals surface area (Å²) in [5.74, 6) is 0.740. The number of hydrogen-bond acceptors (Lipinski definition) is 5. The van der Waals surface area contributed by atoms with Gasteiger partial charge in [-0.25, -0.2) is 13.1 Å². The van der Waals surface area contributed by atoms with Crippen molar-refractivity contribution in [3.05, 3.63) is 14.7 Å². The molecule has 0 saturated carbocycles. The van der Waals surface area contributed by atoms with Crippen molar-refractivity contribution in [2.24, 2.45) is 0 Å². The molecule has 0 aliphatic heterocycles. The van der Waals surface area contributed by atoms with Crippen LogP contribution in [0.4, 0.5) is 0 Å². The van der Waals surface area contributed by atoms with E-state index in [9.17, 15) is 8.42 Å². The Morgan fingerprint density at radius 1 is 1.61 bits per heavy atom. The van der Waals surface area contributed by atoms with Gasteiger partial charge in [0.25, 0.3) is 0 Å². The highest BCUT2D eigenvalue weighted by Crippen LogP contribution is 2.31. The van der Waals surface area contributed by atoms with Crippen molar-refractivity contribution >= 4 is 49.1 Å². The zero-order valence-electron chi connectivity index (χ0n) is 10.1. The van der Waals surface area contributed by atoms with E-state index in [4.69, 9.17) is 5.11 Å². The Morgan fingerprint density at radius 3 is 2.72 bits per heavy atom. The van der Waals surface area contributed by atoms with Crippen LogP contribution in [-0.4, -0.2) is 31.6 Å². The molecule has 1 aromatic heterocycles. The highest BCUT2D eigenvalue weighted by molar-refractivity contribution is 9.11. The topological polar surface area (TPSA) is 66.4 Å². The van der Waals surface area contributed by atoms with Gasteiger partial charge in [-0.05, 0) is 34.7 Å². The SMILES string of the molecule is CCC(CSC)NS(=O)(=O)c1cc(CO)sc1Br. The van der Waals surface area contributed by atoms with Gasteiger partial charge in [-0.3, -0.25) is 0 Å². The molecule has 0 saturated heterocycles. The molecule has 0 radical (unpaired) electrons. The normalized spacial score (nSPS) is 13.8. The zero-order valence-corrected chi connectivity index (χ0v) is 14.2. The standard InChI is InChI=1S/C10H16BrNO3S3/c1-3-7(6-16-2)12-18(14,15)9-4-8(5-13)17-10(9)11/h4,7,12-13H,3,5-6H2,1-2H3. The summed E-state index contributed by atoms with van der Waals surface area (Å²) >= 11 is 6.07. The van der Waals surface area contributed by atoms with Gasteiger partial charge < -0.3 is 5.11 Å².